The van der Waals surface area contributed by atoms with Gasteiger partial charge >= 0.3 is 0 Å². The van der Waals surface area contributed by atoms with E-state index in [0.717, 1.165) is 32.8 Å². The number of ketones is 2. The molecule has 8 nitrogen and oxygen atoms in total. The van der Waals surface area contributed by atoms with Crippen LogP contribution in [0.3, 0.4) is 0 Å². The molecule has 0 saturated carbocycles. The number of morpholine rings is 1. The lowest BCUT2D eigenvalue weighted by Crippen LogP contribution is -2.39. The molecule has 2 aliphatic rings. The highest BCUT2D eigenvalue weighted by Gasteiger charge is 2.34. The van der Waals surface area contributed by atoms with Gasteiger partial charge < -0.3 is 15.8 Å². The van der Waals surface area contributed by atoms with Gasteiger partial charge in [0.15, 0.2) is 23.2 Å². The highest BCUT2D eigenvalue weighted by atomic mass is 16.5. The number of carbonyl (C=O) groups excluding carboxylic acids is 2. The maximum Gasteiger partial charge on any atom is 0.198 e. The number of aromatic nitrogens is 2. The molecule has 1 saturated heterocycles. The number of ether oxygens (including phenoxy) is 1. The Bertz CT molecular complexity index is 877. The Morgan fingerprint density at radius 2 is 1.69 bits per heavy atom. The van der Waals surface area contributed by atoms with E-state index in [2.05, 4.69) is 20.4 Å². The first kappa shape index (κ1) is 16.6. The maximum absolute atomic E-state index is 12.9. The average Bonchev–Trinajstić information content (AvgIpc) is 2.68. The third-order valence-corrected chi connectivity index (χ3v) is 4.70. The molecule has 0 unspecified atom stereocenters. The molecule has 1 aromatic heterocycles. The number of hydrogen-bond acceptors (Lipinski definition) is 8. The standard InChI is InChI=1S/C18H19N5O3/c19-17-13-14(16(25)12-4-2-1-3-11(12)15(13)24)18(22-21-17)20-5-6-23-7-9-26-10-8-23/h1-4H,5-10H2,(H2,19,21)(H,20,22). The van der Waals surface area contributed by atoms with Crippen molar-refractivity contribution in [3.05, 3.63) is 46.5 Å². The van der Waals surface area contributed by atoms with Gasteiger partial charge in [-0.2, -0.15) is 0 Å². The van der Waals surface area contributed by atoms with Crippen LogP contribution in [0.5, 0.6) is 0 Å². The number of carbonyl (C=O) groups is 2. The molecule has 0 spiro atoms. The summed E-state index contributed by atoms with van der Waals surface area (Å²) in [7, 11) is 0. The van der Waals surface area contributed by atoms with Crippen molar-refractivity contribution in [1.29, 1.82) is 0 Å². The minimum atomic E-state index is -0.293. The van der Waals surface area contributed by atoms with Crippen LogP contribution in [0.25, 0.3) is 0 Å². The van der Waals surface area contributed by atoms with Gasteiger partial charge in [0.25, 0.3) is 0 Å². The topological polar surface area (TPSA) is 110 Å². The van der Waals surface area contributed by atoms with E-state index in [9.17, 15) is 9.59 Å². The molecule has 2 aromatic rings. The molecule has 1 fully saturated rings. The lowest BCUT2D eigenvalue weighted by atomic mass is 9.84. The number of fused-ring (bicyclic) bond motifs is 2. The van der Waals surface area contributed by atoms with Crippen LogP contribution in [0.15, 0.2) is 24.3 Å². The van der Waals surface area contributed by atoms with Gasteiger partial charge in [-0.1, -0.05) is 24.3 Å². The Labute approximate surface area is 150 Å². The highest BCUT2D eigenvalue weighted by Crippen LogP contribution is 2.32. The summed E-state index contributed by atoms with van der Waals surface area (Å²) in [5.41, 5.74) is 6.94. The molecular weight excluding hydrogens is 334 g/mol. The smallest absolute Gasteiger partial charge is 0.198 e. The van der Waals surface area contributed by atoms with Crippen molar-refractivity contribution in [1.82, 2.24) is 15.1 Å². The number of nitrogen functional groups attached to an aromatic ring is 1. The molecule has 0 amide bonds. The zero-order valence-corrected chi connectivity index (χ0v) is 14.2. The molecule has 0 radical (unpaired) electrons. The molecule has 2 heterocycles. The van der Waals surface area contributed by atoms with E-state index < -0.39 is 0 Å². The van der Waals surface area contributed by atoms with E-state index in [-0.39, 0.29) is 28.5 Å². The molecule has 8 heteroatoms. The molecular formula is C18H19N5O3. The number of benzene rings is 1. The van der Waals surface area contributed by atoms with Crippen LogP contribution in [0, 0.1) is 0 Å². The second-order valence-corrected chi connectivity index (χ2v) is 6.27. The number of rotatable bonds is 4. The van der Waals surface area contributed by atoms with Crippen molar-refractivity contribution in [2.24, 2.45) is 0 Å². The fourth-order valence-electron chi connectivity index (χ4n) is 3.33. The Morgan fingerprint density at radius 1 is 1.04 bits per heavy atom. The number of hydrogen-bond donors (Lipinski definition) is 2. The van der Waals surface area contributed by atoms with Gasteiger partial charge in [0.1, 0.15) is 0 Å². The molecule has 1 aliphatic heterocycles. The van der Waals surface area contributed by atoms with Gasteiger partial charge in [-0.3, -0.25) is 14.5 Å². The first-order valence-electron chi connectivity index (χ1n) is 8.55. The van der Waals surface area contributed by atoms with Crippen LogP contribution >= 0.6 is 0 Å². The Morgan fingerprint density at radius 3 is 2.38 bits per heavy atom. The monoisotopic (exact) mass is 353 g/mol. The Kier molecular flexibility index (Phi) is 4.36. The first-order valence-corrected chi connectivity index (χ1v) is 8.55. The normalized spacial score (nSPS) is 16.9. The van der Waals surface area contributed by atoms with E-state index in [1.807, 2.05) is 0 Å². The van der Waals surface area contributed by atoms with Crippen molar-refractivity contribution >= 4 is 23.2 Å². The number of nitrogens with zero attached hydrogens (tertiary/aromatic N) is 3. The lowest BCUT2D eigenvalue weighted by molar-refractivity contribution is 0.0398. The third kappa shape index (κ3) is 2.83. The van der Waals surface area contributed by atoms with E-state index >= 15 is 0 Å². The zero-order valence-electron chi connectivity index (χ0n) is 14.2. The van der Waals surface area contributed by atoms with Gasteiger partial charge in [0.2, 0.25) is 0 Å². The van der Waals surface area contributed by atoms with Crippen LogP contribution in [-0.2, 0) is 4.74 Å². The van der Waals surface area contributed by atoms with Crippen molar-refractivity contribution in [3.63, 3.8) is 0 Å². The Balaban J connectivity index is 1.62. The minimum Gasteiger partial charge on any atom is -0.382 e. The van der Waals surface area contributed by atoms with Gasteiger partial charge in [0.05, 0.1) is 24.3 Å². The van der Waals surface area contributed by atoms with Gasteiger partial charge in [-0.25, -0.2) is 0 Å². The number of nitrogens with one attached hydrogen (secondary N) is 1. The van der Waals surface area contributed by atoms with Crippen LogP contribution < -0.4 is 11.1 Å². The summed E-state index contributed by atoms with van der Waals surface area (Å²) in [5, 5.41) is 11.0. The van der Waals surface area contributed by atoms with Crippen molar-refractivity contribution in [3.8, 4) is 0 Å². The number of anilines is 2. The molecule has 1 aliphatic carbocycles. The quantitative estimate of drug-likeness (QED) is 0.701. The second kappa shape index (κ2) is 6.81. The van der Waals surface area contributed by atoms with E-state index in [0.29, 0.717) is 23.5 Å². The van der Waals surface area contributed by atoms with Gasteiger partial charge in [0, 0.05) is 37.3 Å². The molecule has 26 heavy (non-hydrogen) atoms. The van der Waals surface area contributed by atoms with Crippen molar-refractivity contribution in [2.75, 3.05) is 50.4 Å². The number of nitrogens with two attached hydrogens (primary N) is 1. The van der Waals surface area contributed by atoms with Crippen LogP contribution in [0.2, 0.25) is 0 Å². The molecule has 1 aromatic carbocycles. The summed E-state index contributed by atoms with van der Waals surface area (Å²) < 4.78 is 5.33. The van der Waals surface area contributed by atoms with E-state index in [1.165, 1.54) is 0 Å². The van der Waals surface area contributed by atoms with Gasteiger partial charge in [-0.05, 0) is 0 Å². The summed E-state index contributed by atoms with van der Waals surface area (Å²) in [5.74, 6) is -0.272. The summed E-state index contributed by atoms with van der Waals surface area (Å²) in [6.07, 6.45) is 0. The summed E-state index contributed by atoms with van der Waals surface area (Å²) in [6, 6.07) is 6.73. The van der Waals surface area contributed by atoms with E-state index in [4.69, 9.17) is 10.5 Å². The van der Waals surface area contributed by atoms with Crippen molar-refractivity contribution in [2.45, 2.75) is 0 Å². The molecule has 3 N–H and O–H groups in total. The molecule has 0 bridgehead atoms. The molecule has 0 atom stereocenters. The molecule has 134 valence electrons. The second-order valence-electron chi connectivity index (χ2n) is 6.27. The van der Waals surface area contributed by atoms with Gasteiger partial charge in [-0.15, -0.1) is 10.2 Å². The Hall–Kier alpha value is -2.84. The SMILES string of the molecule is Nc1nnc(NCCN2CCOCC2)c2c1C(=O)c1ccccc1C2=O. The highest BCUT2D eigenvalue weighted by molar-refractivity contribution is 6.31. The first-order chi connectivity index (χ1) is 12.7. The third-order valence-electron chi connectivity index (χ3n) is 4.70. The average molecular weight is 353 g/mol. The fourth-order valence-corrected chi connectivity index (χ4v) is 3.33. The minimum absolute atomic E-state index is 0.0217. The summed E-state index contributed by atoms with van der Waals surface area (Å²) in [4.78, 5) is 28.0. The predicted molar refractivity (Wildman–Crippen MR) is 95.5 cm³/mol. The maximum atomic E-state index is 12.9. The van der Waals surface area contributed by atoms with Crippen LogP contribution in [0.1, 0.15) is 31.8 Å². The molecule has 4 rings (SSSR count). The van der Waals surface area contributed by atoms with Crippen LogP contribution in [-0.4, -0.2) is 66.1 Å². The zero-order chi connectivity index (χ0) is 18.1. The summed E-state index contributed by atoms with van der Waals surface area (Å²) >= 11 is 0. The summed E-state index contributed by atoms with van der Waals surface area (Å²) in [6.45, 7) is 4.55. The predicted octanol–water partition coefficient (Wildman–Crippen LogP) is 0.578. The van der Waals surface area contributed by atoms with Crippen molar-refractivity contribution < 1.29 is 14.3 Å². The fraction of sp³-hybridized carbons (Fsp3) is 0.333. The lowest BCUT2D eigenvalue weighted by Gasteiger charge is -2.27. The van der Waals surface area contributed by atoms with E-state index in [1.54, 1.807) is 24.3 Å². The van der Waals surface area contributed by atoms with Crippen LogP contribution in [0.4, 0.5) is 11.6 Å². The largest absolute Gasteiger partial charge is 0.382 e.